The van der Waals surface area contributed by atoms with Gasteiger partial charge >= 0.3 is 5.97 Å². The Morgan fingerprint density at radius 2 is 1.90 bits per heavy atom. The zero-order valence-corrected chi connectivity index (χ0v) is 14.0. The number of hydrogen-bond donors (Lipinski definition) is 0. The molecular weight excluding hydrogens is 264 g/mol. The van der Waals surface area contributed by atoms with Crippen LogP contribution in [0, 0.1) is 0 Å². The smallest absolute Gasteiger partial charge is 0.305 e. The number of hydrogen-bond acceptors (Lipinski definition) is 3. The van der Waals surface area contributed by atoms with Crippen LogP contribution in [-0.4, -0.2) is 19.7 Å². The first kappa shape index (κ1) is 17.5. The van der Waals surface area contributed by atoms with Crippen LogP contribution in [0.3, 0.4) is 0 Å². The molecule has 3 nitrogen and oxygen atoms in total. The molecule has 1 aromatic carbocycles. The van der Waals surface area contributed by atoms with E-state index in [1.54, 1.807) is 7.11 Å². The summed E-state index contributed by atoms with van der Waals surface area (Å²) in [6.07, 6.45) is 3.31. The van der Waals surface area contributed by atoms with Crippen molar-refractivity contribution in [3.63, 3.8) is 0 Å². The molecule has 0 amide bonds. The van der Waals surface area contributed by atoms with Crippen LogP contribution in [0.4, 0.5) is 0 Å². The van der Waals surface area contributed by atoms with Crippen LogP contribution in [0.25, 0.3) is 0 Å². The molecular formula is C18H28O3. The fourth-order valence-corrected chi connectivity index (χ4v) is 2.62. The second kappa shape index (κ2) is 8.06. The van der Waals surface area contributed by atoms with Crippen molar-refractivity contribution in [2.24, 2.45) is 0 Å². The molecule has 0 aliphatic carbocycles. The van der Waals surface area contributed by atoms with E-state index in [-0.39, 0.29) is 11.4 Å². The predicted molar refractivity (Wildman–Crippen MR) is 85.9 cm³/mol. The van der Waals surface area contributed by atoms with Gasteiger partial charge in [0.25, 0.3) is 0 Å². The molecule has 0 fully saturated rings. The van der Waals surface area contributed by atoms with Crippen molar-refractivity contribution in [1.29, 1.82) is 0 Å². The van der Waals surface area contributed by atoms with Crippen molar-refractivity contribution in [3.8, 4) is 5.75 Å². The maximum atomic E-state index is 11.3. The first-order chi connectivity index (χ1) is 9.90. The van der Waals surface area contributed by atoms with Crippen molar-refractivity contribution in [2.75, 3.05) is 13.7 Å². The number of methoxy groups -OCH3 is 1. The summed E-state index contributed by atoms with van der Waals surface area (Å²) in [7, 11) is 1.72. The van der Waals surface area contributed by atoms with Gasteiger partial charge in [0.2, 0.25) is 0 Å². The van der Waals surface area contributed by atoms with Gasteiger partial charge in [-0.25, -0.2) is 0 Å². The Kier molecular flexibility index (Phi) is 6.73. The first-order valence-electron chi connectivity index (χ1n) is 7.72. The van der Waals surface area contributed by atoms with Crippen LogP contribution in [0.5, 0.6) is 5.75 Å². The van der Waals surface area contributed by atoms with Gasteiger partial charge in [0.15, 0.2) is 0 Å². The Hall–Kier alpha value is -1.51. The first-order valence-corrected chi connectivity index (χ1v) is 7.72. The van der Waals surface area contributed by atoms with Crippen molar-refractivity contribution in [2.45, 2.75) is 58.8 Å². The molecule has 0 spiro atoms. The molecule has 0 N–H and O–H groups in total. The topological polar surface area (TPSA) is 35.5 Å². The molecule has 1 rings (SSSR count). The van der Waals surface area contributed by atoms with Gasteiger partial charge in [-0.3, -0.25) is 4.79 Å². The average Bonchev–Trinajstić information content (AvgIpc) is 2.42. The highest BCUT2D eigenvalue weighted by atomic mass is 16.5. The van der Waals surface area contributed by atoms with Gasteiger partial charge < -0.3 is 9.47 Å². The lowest BCUT2D eigenvalue weighted by Gasteiger charge is -2.25. The van der Waals surface area contributed by atoms with Gasteiger partial charge in [0.1, 0.15) is 5.75 Å². The average molecular weight is 292 g/mol. The fourth-order valence-electron chi connectivity index (χ4n) is 2.62. The third kappa shape index (κ3) is 5.41. The number of unbranched alkanes of at least 4 members (excludes halogenated alkanes) is 1. The van der Waals surface area contributed by atoms with Crippen LogP contribution in [0.15, 0.2) is 18.2 Å². The van der Waals surface area contributed by atoms with Crippen LogP contribution in [0.1, 0.15) is 58.1 Å². The molecule has 0 aromatic heterocycles. The lowest BCUT2D eigenvalue weighted by molar-refractivity contribution is -0.143. The minimum Gasteiger partial charge on any atom is -0.496 e. The number of carbonyl (C=O) groups is 1. The van der Waals surface area contributed by atoms with Crippen molar-refractivity contribution in [1.82, 2.24) is 0 Å². The molecule has 0 saturated heterocycles. The van der Waals surface area contributed by atoms with E-state index < -0.39 is 0 Å². The summed E-state index contributed by atoms with van der Waals surface area (Å²) < 4.78 is 10.5. The third-order valence-corrected chi connectivity index (χ3v) is 3.46. The summed E-state index contributed by atoms with van der Waals surface area (Å²) >= 11 is 0. The number of aryl methyl sites for hydroxylation is 1. The lowest BCUT2D eigenvalue weighted by atomic mass is 9.81. The second-order valence-electron chi connectivity index (χ2n) is 6.26. The number of esters is 1. The van der Waals surface area contributed by atoms with E-state index in [0.717, 1.165) is 25.0 Å². The summed E-state index contributed by atoms with van der Waals surface area (Å²) in [6.45, 7) is 8.90. The minimum atomic E-state index is -0.0980. The van der Waals surface area contributed by atoms with Gasteiger partial charge in [-0.05, 0) is 43.2 Å². The highest BCUT2D eigenvalue weighted by Gasteiger charge is 2.22. The SMILES string of the molecule is CCOC(=O)CCCCc1cccc(OC)c1C(C)(C)C. The maximum Gasteiger partial charge on any atom is 0.305 e. The van der Waals surface area contributed by atoms with Gasteiger partial charge in [-0.2, -0.15) is 0 Å². The molecule has 3 heteroatoms. The van der Waals surface area contributed by atoms with Crippen LogP contribution in [0.2, 0.25) is 0 Å². The summed E-state index contributed by atoms with van der Waals surface area (Å²) in [5.41, 5.74) is 2.62. The minimum absolute atomic E-state index is 0.0447. The normalized spacial score (nSPS) is 11.3. The van der Waals surface area contributed by atoms with Crippen LogP contribution < -0.4 is 4.74 Å². The number of carbonyl (C=O) groups excluding carboxylic acids is 1. The number of ether oxygens (including phenoxy) is 2. The van der Waals surface area contributed by atoms with Crippen LogP contribution in [-0.2, 0) is 21.4 Å². The molecule has 0 heterocycles. The van der Waals surface area contributed by atoms with Gasteiger partial charge in [0.05, 0.1) is 13.7 Å². The van der Waals surface area contributed by atoms with E-state index in [9.17, 15) is 4.79 Å². The molecule has 0 aliphatic heterocycles. The number of rotatable bonds is 7. The lowest BCUT2D eigenvalue weighted by Crippen LogP contribution is -2.16. The molecule has 0 aliphatic rings. The molecule has 118 valence electrons. The van der Waals surface area contributed by atoms with Crippen LogP contribution >= 0.6 is 0 Å². The Morgan fingerprint density at radius 1 is 1.19 bits per heavy atom. The maximum absolute atomic E-state index is 11.3. The van der Waals surface area contributed by atoms with Gasteiger partial charge in [0, 0.05) is 12.0 Å². The summed E-state index contributed by atoms with van der Waals surface area (Å²) in [5, 5.41) is 0. The summed E-state index contributed by atoms with van der Waals surface area (Å²) in [6, 6.07) is 6.21. The monoisotopic (exact) mass is 292 g/mol. The molecule has 0 atom stereocenters. The van der Waals surface area contributed by atoms with Crippen molar-refractivity contribution < 1.29 is 14.3 Å². The Bertz CT molecular complexity index is 458. The Labute approximate surface area is 128 Å². The highest BCUT2D eigenvalue weighted by Crippen LogP contribution is 2.34. The van der Waals surface area contributed by atoms with E-state index >= 15 is 0 Å². The molecule has 0 bridgehead atoms. The molecule has 0 saturated carbocycles. The quantitative estimate of drug-likeness (QED) is 0.556. The predicted octanol–water partition coefficient (Wildman–Crippen LogP) is 4.27. The molecule has 0 radical (unpaired) electrons. The van der Waals surface area contributed by atoms with E-state index in [1.807, 2.05) is 19.1 Å². The summed E-state index contributed by atoms with van der Waals surface area (Å²) in [5.74, 6) is 0.851. The van der Waals surface area contributed by atoms with E-state index in [0.29, 0.717) is 13.0 Å². The summed E-state index contributed by atoms with van der Waals surface area (Å²) in [4.78, 5) is 11.3. The zero-order valence-electron chi connectivity index (χ0n) is 14.0. The van der Waals surface area contributed by atoms with Gasteiger partial charge in [-0.15, -0.1) is 0 Å². The third-order valence-electron chi connectivity index (χ3n) is 3.46. The number of benzene rings is 1. The Balaban J connectivity index is 2.69. The highest BCUT2D eigenvalue weighted by molar-refractivity contribution is 5.69. The van der Waals surface area contributed by atoms with Gasteiger partial charge in [-0.1, -0.05) is 32.9 Å². The van der Waals surface area contributed by atoms with E-state index in [1.165, 1.54) is 11.1 Å². The molecule has 21 heavy (non-hydrogen) atoms. The largest absolute Gasteiger partial charge is 0.496 e. The zero-order chi connectivity index (χ0) is 15.9. The van der Waals surface area contributed by atoms with Crippen molar-refractivity contribution >= 4 is 5.97 Å². The van der Waals surface area contributed by atoms with E-state index in [4.69, 9.17) is 9.47 Å². The van der Waals surface area contributed by atoms with Crippen molar-refractivity contribution in [3.05, 3.63) is 29.3 Å². The second-order valence-corrected chi connectivity index (χ2v) is 6.26. The molecule has 0 unspecified atom stereocenters. The fraction of sp³-hybridized carbons (Fsp3) is 0.611. The standard InChI is InChI=1S/C18H28O3/c1-6-21-16(19)13-8-7-10-14-11-9-12-15(20-5)17(14)18(2,3)4/h9,11-12H,6-8,10,13H2,1-5H3. The Morgan fingerprint density at radius 3 is 2.48 bits per heavy atom. The molecule has 1 aromatic rings. The van der Waals surface area contributed by atoms with E-state index in [2.05, 4.69) is 26.8 Å².